The lowest BCUT2D eigenvalue weighted by Gasteiger charge is -2.00. The molecule has 1 rings (SSSR count). The Balaban J connectivity index is 2.95. The molecular weight excluding hydrogens is 248 g/mol. The van der Waals surface area contributed by atoms with Crippen molar-refractivity contribution in [1.82, 2.24) is 0 Å². The Morgan fingerprint density at radius 2 is 2.00 bits per heavy atom. The Morgan fingerprint density at radius 3 is 2.43 bits per heavy atom. The van der Waals surface area contributed by atoms with Gasteiger partial charge in [-0.2, -0.15) is 0 Å². The first-order chi connectivity index (χ1) is 6.63. The van der Waals surface area contributed by atoms with Gasteiger partial charge in [-0.25, -0.2) is 4.79 Å². The number of rotatable bonds is 3. The van der Waals surface area contributed by atoms with E-state index in [1.807, 2.05) is 12.1 Å². The van der Waals surface area contributed by atoms with Gasteiger partial charge in [0, 0.05) is 4.47 Å². The molecule has 0 aliphatic rings. The normalized spacial score (nSPS) is 11.1. The first kappa shape index (κ1) is 10.8. The maximum Gasteiger partial charge on any atom is 0.371 e. The van der Waals surface area contributed by atoms with E-state index >= 15 is 0 Å². The minimum atomic E-state index is -1.07. The van der Waals surface area contributed by atoms with Gasteiger partial charge < -0.3 is 9.84 Å². The van der Waals surface area contributed by atoms with Crippen LogP contribution < -0.4 is 0 Å². The molecule has 0 unspecified atom stereocenters. The monoisotopic (exact) mass is 256 g/mol. The Labute approximate surface area is 90.1 Å². The van der Waals surface area contributed by atoms with Crippen LogP contribution in [0.5, 0.6) is 0 Å². The second kappa shape index (κ2) is 4.81. The molecule has 0 aromatic heterocycles. The summed E-state index contributed by atoms with van der Waals surface area (Å²) in [4.78, 5) is 10.6. The summed E-state index contributed by atoms with van der Waals surface area (Å²) in [5.41, 5.74) is 0.785. The smallest absolute Gasteiger partial charge is 0.371 e. The third-order valence-electron chi connectivity index (χ3n) is 1.60. The van der Waals surface area contributed by atoms with Gasteiger partial charge in [-0.05, 0) is 23.8 Å². The quantitative estimate of drug-likeness (QED) is 0.668. The number of halogens is 1. The minimum Gasteiger partial charge on any atom is -0.490 e. The second-order valence-corrected chi connectivity index (χ2v) is 3.49. The van der Waals surface area contributed by atoms with Crippen LogP contribution in [0.15, 0.2) is 34.5 Å². The summed E-state index contributed by atoms with van der Waals surface area (Å²) in [6.45, 7) is 0. The van der Waals surface area contributed by atoms with E-state index in [9.17, 15) is 4.79 Å². The standard InChI is InChI=1S/C10H9BrO3/c1-14-9(10(12)13)6-7-2-4-8(11)5-3-7/h2-6H,1H3,(H,12,13). The molecule has 0 atom stereocenters. The van der Waals surface area contributed by atoms with Crippen LogP contribution >= 0.6 is 15.9 Å². The van der Waals surface area contributed by atoms with Crippen LogP contribution in [0.2, 0.25) is 0 Å². The summed E-state index contributed by atoms with van der Waals surface area (Å²) < 4.78 is 5.64. The van der Waals surface area contributed by atoms with Crippen molar-refractivity contribution in [3.63, 3.8) is 0 Å². The number of ether oxygens (including phenoxy) is 1. The van der Waals surface area contributed by atoms with Crippen LogP contribution in [0.4, 0.5) is 0 Å². The predicted molar refractivity (Wildman–Crippen MR) is 56.8 cm³/mol. The molecule has 0 saturated carbocycles. The van der Waals surface area contributed by atoms with Crippen molar-refractivity contribution in [1.29, 1.82) is 0 Å². The van der Waals surface area contributed by atoms with Crippen molar-refractivity contribution in [2.75, 3.05) is 7.11 Å². The second-order valence-electron chi connectivity index (χ2n) is 2.57. The van der Waals surface area contributed by atoms with E-state index in [2.05, 4.69) is 15.9 Å². The van der Waals surface area contributed by atoms with Gasteiger partial charge in [-0.3, -0.25) is 0 Å². The van der Waals surface area contributed by atoms with E-state index in [0.29, 0.717) is 0 Å². The van der Waals surface area contributed by atoms with Crippen molar-refractivity contribution in [3.8, 4) is 0 Å². The molecule has 4 heteroatoms. The van der Waals surface area contributed by atoms with Gasteiger partial charge in [0.1, 0.15) is 0 Å². The molecule has 0 radical (unpaired) electrons. The van der Waals surface area contributed by atoms with Gasteiger partial charge in [0.15, 0.2) is 0 Å². The summed E-state index contributed by atoms with van der Waals surface area (Å²) in [6, 6.07) is 7.26. The van der Waals surface area contributed by atoms with Gasteiger partial charge in [-0.15, -0.1) is 0 Å². The molecule has 0 heterocycles. The average Bonchev–Trinajstić information content (AvgIpc) is 2.16. The number of carbonyl (C=O) groups is 1. The van der Waals surface area contributed by atoms with Crippen LogP contribution in [-0.4, -0.2) is 18.2 Å². The zero-order chi connectivity index (χ0) is 10.6. The highest BCUT2D eigenvalue weighted by atomic mass is 79.9. The van der Waals surface area contributed by atoms with Gasteiger partial charge in [-0.1, -0.05) is 28.1 Å². The van der Waals surface area contributed by atoms with Crippen LogP contribution in [0.1, 0.15) is 5.56 Å². The lowest BCUT2D eigenvalue weighted by Crippen LogP contribution is -2.01. The predicted octanol–water partition coefficient (Wildman–Crippen LogP) is 2.52. The zero-order valence-corrected chi connectivity index (χ0v) is 9.11. The molecule has 0 spiro atoms. The fourth-order valence-corrected chi connectivity index (χ4v) is 1.18. The minimum absolute atomic E-state index is 0.0766. The fraction of sp³-hybridized carbons (Fsp3) is 0.100. The third kappa shape index (κ3) is 2.88. The molecule has 14 heavy (non-hydrogen) atoms. The molecule has 1 aromatic rings. The number of carboxylic acid groups (broad SMARTS) is 1. The van der Waals surface area contributed by atoms with Crippen LogP contribution in [0.25, 0.3) is 6.08 Å². The number of benzene rings is 1. The van der Waals surface area contributed by atoms with Gasteiger partial charge in [0.2, 0.25) is 5.76 Å². The van der Waals surface area contributed by atoms with Crippen molar-refractivity contribution < 1.29 is 14.6 Å². The molecular formula is C10H9BrO3. The highest BCUT2D eigenvalue weighted by Crippen LogP contribution is 2.13. The molecule has 0 fully saturated rings. The van der Waals surface area contributed by atoms with E-state index in [-0.39, 0.29) is 5.76 Å². The van der Waals surface area contributed by atoms with Crippen LogP contribution in [-0.2, 0) is 9.53 Å². The molecule has 0 saturated heterocycles. The molecule has 74 valence electrons. The lowest BCUT2D eigenvalue weighted by atomic mass is 10.2. The number of methoxy groups -OCH3 is 1. The maximum absolute atomic E-state index is 10.6. The lowest BCUT2D eigenvalue weighted by molar-refractivity contribution is -0.135. The molecule has 0 bridgehead atoms. The SMILES string of the molecule is COC(=Cc1ccc(Br)cc1)C(=O)O. The first-order valence-electron chi connectivity index (χ1n) is 3.88. The summed E-state index contributed by atoms with van der Waals surface area (Å²) in [7, 11) is 1.33. The molecule has 0 amide bonds. The maximum atomic E-state index is 10.6. The Hall–Kier alpha value is -1.29. The summed E-state index contributed by atoms with van der Waals surface area (Å²) in [5, 5.41) is 8.69. The molecule has 0 aliphatic heterocycles. The van der Waals surface area contributed by atoms with Crippen molar-refractivity contribution in [2.24, 2.45) is 0 Å². The average molecular weight is 257 g/mol. The largest absolute Gasteiger partial charge is 0.490 e. The van der Waals surface area contributed by atoms with Crippen LogP contribution in [0.3, 0.4) is 0 Å². The molecule has 1 aromatic carbocycles. The molecule has 0 aliphatic carbocycles. The third-order valence-corrected chi connectivity index (χ3v) is 2.13. The Kier molecular flexibility index (Phi) is 3.71. The number of hydrogen-bond acceptors (Lipinski definition) is 2. The van der Waals surface area contributed by atoms with Crippen LogP contribution in [0, 0.1) is 0 Å². The van der Waals surface area contributed by atoms with Crippen molar-refractivity contribution in [2.45, 2.75) is 0 Å². The molecule has 1 N–H and O–H groups in total. The van der Waals surface area contributed by atoms with E-state index in [4.69, 9.17) is 9.84 Å². The van der Waals surface area contributed by atoms with Gasteiger partial charge >= 0.3 is 5.97 Å². The number of aliphatic carboxylic acids is 1. The summed E-state index contributed by atoms with van der Waals surface area (Å²) in [6.07, 6.45) is 1.47. The molecule has 3 nitrogen and oxygen atoms in total. The van der Waals surface area contributed by atoms with Gasteiger partial charge in [0.05, 0.1) is 7.11 Å². The topological polar surface area (TPSA) is 46.5 Å². The first-order valence-corrected chi connectivity index (χ1v) is 4.67. The fourth-order valence-electron chi connectivity index (χ4n) is 0.918. The van der Waals surface area contributed by atoms with E-state index < -0.39 is 5.97 Å². The Bertz CT molecular complexity index is 354. The van der Waals surface area contributed by atoms with Crippen molar-refractivity contribution in [3.05, 3.63) is 40.1 Å². The van der Waals surface area contributed by atoms with E-state index in [1.165, 1.54) is 13.2 Å². The zero-order valence-electron chi connectivity index (χ0n) is 7.53. The highest BCUT2D eigenvalue weighted by Gasteiger charge is 2.05. The summed E-state index contributed by atoms with van der Waals surface area (Å²) >= 11 is 3.29. The Morgan fingerprint density at radius 1 is 1.43 bits per heavy atom. The van der Waals surface area contributed by atoms with Crippen molar-refractivity contribution >= 4 is 28.0 Å². The number of carboxylic acids is 1. The van der Waals surface area contributed by atoms with E-state index in [0.717, 1.165) is 10.0 Å². The highest BCUT2D eigenvalue weighted by molar-refractivity contribution is 9.10. The summed E-state index contributed by atoms with van der Waals surface area (Å²) in [5.74, 6) is -1.15. The van der Waals surface area contributed by atoms with Gasteiger partial charge in [0.25, 0.3) is 0 Å². The van der Waals surface area contributed by atoms with E-state index in [1.54, 1.807) is 12.1 Å². The number of hydrogen-bond donors (Lipinski definition) is 1.